The molecule has 118 valence electrons. The van der Waals surface area contributed by atoms with Crippen molar-refractivity contribution in [2.45, 2.75) is 26.9 Å². The fourth-order valence-electron chi connectivity index (χ4n) is 2.13. The molecule has 0 spiro atoms. The van der Waals surface area contributed by atoms with Crippen LogP contribution in [0.15, 0.2) is 35.3 Å². The second-order valence-electron chi connectivity index (χ2n) is 5.05. The molecule has 0 radical (unpaired) electrons. The maximum atomic E-state index is 12.2. The Hall–Kier alpha value is -3.03. The van der Waals surface area contributed by atoms with Gasteiger partial charge in [0.1, 0.15) is 12.7 Å². The summed E-state index contributed by atoms with van der Waals surface area (Å²) in [6.07, 6.45) is 2.44. The highest BCUT2D eigenvalue weighted by Crippen LogP contribution is 2.20. The van der Waals surface area contributed by atoms with Crippen molar-refractivity contribution in [2.24, 2.45) is 0 Å². The van der Waals surface area contributed by atoms with Crippen molar-refractivity contribution in [3.63, 3.8) is 0 Å². The summed E-state index contributed by atoms with van der Waals surface area (Å²) in [4.78, 5) is 16.1. The van der Waals surface area contributed by atoms with Gasteiger partial charge in [-0.3, -0.25) is 0 Å². The van der Waals surface area contributed by atoms with Crippen LogP contribution in [-0.2, 0) is 4.74 Å². The summed E-state index contributed by atoms with van der Waals surface area (Å²) in [5.74, 6) is 0.240. The van der Waals surface area contributed by atoms with E-state index in [0.29, 0.717) is 11.5 Å². The molecule has 1 atom stereocenters. The maximum Gasteiger partial charge on any atom is 0.338 e. The molecule has 0 aliphatic carbocycles. The van der Waals surface area contributed by atoms with Gasteiger partial charge in [-0.15, -0.1) is 10.2 Å². The Kier molecular flexibility index (Phi) is 3.88. The highest BCUT2D eigenvalue weighted by molar-refractivity contribution is 5.90. The lowest BCUT2D eigenvalue weighted by Crippen LogP contribution is -2.10. The highest BCUT2D eigenvalue weighted by Gasteiger charge is 2.19. The van der Waals surface area contributed by atoms with Gasteiger partial charge >= 0.3 is 5.97 Å². The third kappa shape index (κ3) is 3.10. The molecule has 0 aliphatic heterocycles. The molecule has 0 fully saturated rings. The Balaban J connectivity index is 1.76. The lowest BCUT2D eigenvalue weighted by molar-refractivity contribution is 0.0277. The monoisotopic (exact) mass is 313 g/mol. The molecule has 0 amide bonds. The van der Waals surface area contributed by atoms with Crippen molar-refractivity contribution < 1.29 is 13.9 Å². The Bertz CT molecular complexity index is 826. The minimum atomic E-state index is -0.612. The number of rotatable bonds is 4. The molecule has 1 aromatic carbocycles. The average molecular weight is 313 g/mol. The van der Waals surface area contributed by atoms with E-state index >= 15 is 0 Å². The van der Waals surface area contributed by atoms with Crippen LogP contribution in [0.2, 0.25) is 0 Å². The van der Waals surface area contributed by atoms with Crippen LogP contribution in [0.25, 0.3) is 5.69 Å². The summed E-state index contributed by atoms with van der Waals surface area (Å²) in [5, 5.41) is 11.6. The van der Waals surface area contributed by atoms with Gasteiger partial charge < -0.3 is 9.15 Å². The molecule has 3 aromatic rings. The normalized spacial score (nSPS) is 12.1. The first-order valence-corrected chi connectivity index (χ1v) is 7.01. The number of aromatic nitrogens is 5. The number of carbonyl (C=O) groups is 1. The second kappa shape index (κ2) is 5.99. The number of carbonyl (C=O) groups excluding carboxylic acids is 1. The van der Waals surface area contributed by atoms with Crippen molar-refractivity contribution in [3.05, 3.63) is 53.8 Å². The van der Waals surface area contributed by atoms with Gasteiger partial charge in [-0.05, 0) is 37.6 Å². The summed E-state index contributed by atoms with van der Waals surface area (Å²) in [6.45, 7) is 5.25. The molecule has 8 heteroatoms. The quantitative estimate of drug-likeness (QED) is 0.681. The van der Waals surface area contributed by atoms with E-state index in [1.807, 2.05) is 6.92 Å². The number of aryl methyl sites for hydroxylation is 2. The summed E-state index contributed by atoms with van der Waals surface area (Å²) in [5.41, 5.74) is 2.17. The SMILES string of the molecule is Cc1nnc(C(C)OC(=O)c2ccc(-n3cncn3)c(C)c2)o1. The number of esters is 1. The Morgan fingerprint density at radius 2 is 2.13 bits per heavy atom. The fourth-order valence-corrected chi connectivity index (χ4v) is 2.13. The van der Waals surface area contributed by atoms with E-state index in [0.717, 1.165) is 11.3 Å². The van der Waals surface area contributed by atoms with Crippen molar-refractivity contribution in [3.8, 4) is 5.69 Å². The molecule has 0 N–H and O–H groups in total. The van der Waals surface area contributed by atoms with Crippen LogP contribution in [-0.4, -0.2) is 30.9 Å². The van der Waals surface area contributed by atoms with E-state index in [2.05, 4.69) is 20.3 Å². The first-order valence-electron chi connectivity index (χ1n) is 7.01. The number of nitrogens with zero attached hydrogens (tertiary/aromatic N) is 5. The van der Waals surface area contributed by atoms with Gasteiger partial charge in [-0.1, -0.05) is 0 Å². The molecular formula is C15H15N5O3. The fraction of sp³-hybridized carbons (Fsp3) is 0.267. The summed E-state index contributed by atoms with van der Waals surface area (Å²) < 4.78 is 12.2. The van der Waals surface area contributed by atoms with E-state index in [-0.39, 0.29) is 5.89 Å². The third-order valence-corrected chi connectivity index (χ3v) is 3.27. The van der Waals surface area contributed by atoms with Crippen LogP contribution in [0.4, 0.5) is 0 Å². The smallest absolute Gasteiger partial charge is 0.338 e. The van der Waals surface area contributed by atoms with E-state index in [1.54, 1.807) is 43.1 Å². The molecule has 2 aromatic heterocycles. The van der Waals surface area contributed by atoms with Gasteiger partial charge in [0.05, 0.1) is 11.3 Å². The first-order chi connectivity index (χ1) is 11.0. The minimum Gasteiger partial charge on any atom is -0.449 e. The molecule has 23 heavy (non-hydrogen) atoms. The molecule has 1 unspecified atom stereocenters. The van der Waals surface area contributed by atoms with Gasteiger partial charge in [-0.25, -0.2) is 14.5 Å². The number of hydrogen-bond donors (Lipinski definition) is 0. The van der Waals surface area contributed by atoms with Gasteiger partial charge in [0.15, 0.2) is 6.10 Å². The standard InChI is InChI=1S/C15H15N5O3/c1-9-6-12(4-5-13(9)20-8-16-7-17-20)15(21)22-10(2)14-19-18-11(3)23-14/h4-8,10H,1-3H3. The summed E-state index contributed by atoms with van der Waals surface area (Å²) >= 11 is 0. The van der Waals surface area contributed by atoms with Gasteiger partial charge in [0.2, 0.25) is 5.89 Å². The molecule has 3 rings (SSSR count). The Morgan fingerprint density at radius 1 is 1.30 bits per heavy atom. The van der Waals surface area contributed by atoms with Crippen LogP contribution < -0.4 is 0 Å². The third-order valence-electron chi connectivity index (χ3n) is 3.27. The number of ether oxygens (including phenoxy) is 1. The Labute approximate surface area is 132 Å². The topological polar surface area (TPSA) is 95.9 Å². The largest absolute Gasteiger partial charge is 0.449 e. The van der Waals surface area contributed by atoms with Crippen molar-refractivity contribution in [2.75, 3.05) is 0 Å². The van der Waals surface area contributed by atoms with E-state index in [9.17, 15) is 4.79 Å². The zero-order valence-corrected chi connectivity index (χ0v) is 12.9. The average Bonchev–Trinajstić information content (AvgIpc) is 3.18. The maximum absolute atomic E-state index is 12.2. The second-order valence-corrected chi connectivity index (χ2v) is 5.05. The molecule has 8 nitrogen and oxygen atoms in total. The van der Waals surface area contributed by atoms with E-state index < -0.39 is 12.1 Å². The van der Waals surface area contributed by atoms with Crippen molar-refractivity contribution in [1.82, 2.24) is 25.0 Å². The summed E-state index contributed by atoms with van der Waals surface area (Å²) in [6, 6.07) is 5.21. The Morgan fingerprint density at radius 3 is 2.74 bits per heavy atom. The van der Waals surface area contributed by atoms with Crippen LogP contribution in [0.5, 0.6) is 0 Å². The molecule has 0 bridgehead atoms. The first kappa shape index (κ1) is 14.9. The van der Waals surface area contributed by atoms with Gasteiger partial charge in [-0.2, -0.15) is 5.10 Å². The highest BCUT2D eigenvalue weighted by atomic mass is 16.6. The zero-order chi connectivity index (χ0) is 16.4. The van der Waals surface area contributed by atoms with Gasteiger partial charge in [0, 0.05) is 6.92 Å². The van der Waals surface area contributed by atoms with Crippen LogP contribution in [0.1, 0.15) is 40.7 Å². The molecular weight excluding hydrogens is 298 g/mol. The lowest BCUT2D eigenvalue weighted by atomic mass is 10.1. The minimum absolute atomic E-state index is 0.270. The van der Waals surface area contributed by atoms with Crippen LogP contribution in [0, 0.1) is 13.8 Å². The lowest BCUT2D eigenvalue weighted by Gasteiger charge is -2.11. The molecule has 2 heterocycles. The number of hydrogen-bond acceptors (Lipinski definition) is 7. The van der Waals surface area contributed by atoms with Crippen molar-refractivity contribution >= 4 is 5.97 Å². The predicted molar refractivity (Wildman–Crippen MR) is 79.0 cm³/mol. The molecule has 0 saturated heterocycles. The van der Waals surface area contributed by atoms with Crippen LogP contribution in [0.3, 0.4) is 0 Å². The van der Waals surface area contributed by atoms with Crippen molar-refractivity contribution in [1.29, 1.82) is 0 Å². The van der Waals surface area contributed by atoms with Crippen LogP contribution >= 0.6 is 0 Å². The van der Waals surface area contributed by atoms with E-state index in [4.69, 9.17) is 9.15 Å². The van der Waals surface area contributed by atoms with E-state index in [1.165, 1.54) is 6.33 Å². The predicted octanol–water partition coefficient (Wildman–Crippen LogP) is 2.19. The zero-order valence-electron chi connectivity index (χ0n) is 12.9. The summed E-state index contributed by atoms with van der Waals surface area (Å²) in [7, 11) is 0. The van der Waals surface area contributed by atoms with Gasteiger partial charge in [0.25, 0.3) is 5.89 Å². The number of benzene rings is 1. The molecule has 0 saturated carbocycles. The molecule has 0 aliphatic rings.